The summed E-state index contributed by atoms with van der Waals surface area (Å²) in [6.45, 7) is 7.74. The number of aromatic nitrogens is 5. The van der Waals surface area contributed by atoms with Crippen LogP contribution in [0.4, 0.5) is 5.69 Å². The number of nitrogens with zero attached hydrogens (tertiary/aromatic N) is 5. The fourth-order valence-electron chi connectivity index (χ4n) is 6.93. The SMILES string of the molecule is Cc1cc(C(N)=O)ccc1-n1c(CCC(=O)O)ccc1-c1cc(C)c(N)c(C)c1.Cc1cc(C(N)=O)ccc1-n1c(CCC(=O)O)ccc1-c1csc(-n2ccnc2)n1. The van der Waals surface area contributed by atoms with Crippen LogP contribution < -0.4 is 17.2 Å². The third kappa shape index (κ3) is 9.16. The lowest BCUT2D eigenvalue weighted by atomic mass is 10.0. The second-order valence-corrected chi connectivity index (χ2v) is 15.0. The predicted molar refractivity (Wildman–Crippen MR) is 228 cm³/mol. The molecular formula is C44H44N8O6S. The van der Waals surface area contributed by atoms with Gasteiger partial charge in [0.05, 0.1) is 24.2 Å². The minimum Gasteiger partial charge on any atom is -0.481 e. The maximum Gasteiger partial charge on any atom is 0.303 e. The molecule has 4 heterocycles. The summed E-state index contributed by atoms with van der Waals surface area (Å²) in [4.78, 5) is 54.1. The molecule has 4 aromatic heterocycles. The van der Waals surface area contributed by atoms with Gasteiger partial charge in [0.2, 0.25) is 11.8 Å². The Hall–Kier alpha value is -7.26. The molecule has 8 N–H and O–H groups in total. The summed E-state index contributed by atoms with van der Waals surface area (Å²) >= 11 is 1.49. The first-order chi connectivity index (χ1) is 28.1. The second-order valence-electron chi connectivity index (χ2n) is 14.1. The average Bonchev–Trinajstić information content (AvgIpc) is 4.02. The smallest absolute Gasteiger partial charge is 0.303 e. The van der Waals surface area contributed by atoms with Crippen molar-refractivity contribution in [3.63, 3.8) is 0 Å². The maximum absolute atomic E-state index is 11.5. The molecule has 3 aromatic carbocycles. The Morgan fingerprint density at radius 2 is 1.19 bits per heavy atom. The summed E-state index contributed by atoms with van der Waals surface area (Å²) in [5, 5.41) is 21.0. The fourth-order valence-corrected chi connectivity index (χ4v) is 7.70. The number of aliphatic carboxylic acids is 2. The largest absolute Gasteiger partial charge is 0.481 e. The van der Waals surface area contributed by atoms with Gasteiger partial charge in [-0.3, -0.25) is 23.7 Å². The highest BCUT2D eigenvalue weighted by atomic mass is 32.1. The van der Waals surface area contributed by atoms with E-state index in [-0.39, 0.29) is 12.8 Å². The van der Waals surface area contributed by atoms with Crippen LogP contribution in [0.3, 0.4) is 0 Å². The summed E-state index contributed by atoms with van der Waals surface area (Å²) < 4.78 is 5.88. The molecular weight excluding hydrogens is 769 g/mol. The quantitative estimate of drug-likeness (QED) is 0.0756. The molecule has 0 aliphatic rings. The zero-order chi connectivity index (χ0) is 42.5. The Morgan fingerprint density at radius 1 is 0.678 bits per heavy atom. The summed E-state index contributed by atoms with van der Waals surface area (Å²) in [7, 11) is 0. The van der Waals surface area contributed by atoms with Gasteiger partial charge < -0.3 is 36.5 Å². The van der Waals surface area contributed by atoms with Gasteiger partial charge in [-0.25, -0.2) is 9.97 Å². The molecule has 7 rings (SSSR count). The summed E-state index contributed by atoms with van der Waals surface area (Å²) in [6, 6.07) is 22.4. The molecule has 0 atom stereocenters. The Morgan fingerprint density at radius 3 is 1.64 bits per heavy atom. The van der Waals surface area contributed by atoms with Crippen LogP contribution in [0.1, 0.15) is 67.2 Å². The van der Waals surface area contributed by atoms with Crippen LogP contribution in [0.2, 0.25) is 0 Å². The van der Waals surface area contributed by atoms with Crippen LogP contribution in [-0.2, 0) is 22.4 Å². The number of benzene rings is 3. The molecule has 7 aromatic rings. The number of nitrogens with two attached hydrogens (primary N) is 3. The van der Waals surface area contributed by atoms with E-state index in [0.29, 0.717) is 24.0 Å². The molecule has 0 fully saturated rings. The van der Waals surface area contributed by atoms with Crippen molar-refractivity contribution >= 4 is 40.8 Å². The number of carboxylic acid groups (broad SMARTS) is 2. The van der Waals surface area contributed by atoms with E-state index >= 15 is 0 Å². The van der Waals surface area contributed by atoms with E-state index in [9.17, 15) is 19.2 Å². The van der Waals surface area contributed by atoms with Crippen molar-refractivity contribution in [1.82, 2.24) is 23.7 Å². The zero-order valence-corrected chi connectivity index (χ0v) is 33.8. The van der Waals surface area contributed by atoms with Gasteiger partial charge >= 0.3 is 11.9 Å². The Bertz CT molecular complexity index is 2680. The number of anilines is 1. The lowest BCUT2D eigenvalue weighted by Crippen LogP contribution is -2.12. The summed E-state index contributed by atoms with van der Waals surface area (Å²) in [5.74, 6) is -2.68. The molecule has 0 aliphatic carbocycles. The first-order valence-electron chi connectivity index (χ1n) is 18.6. The number of hydrogen-bond donors (Lipinski definition) is 5. The van der Waals surface area contributed by atoms with Crippen molar-refractivity contribution in [2.45, 2.75) is 53.4 Å². The van der Waals surface area contributed by atoms with Gasteiger partial charge in [0.15, 0.2) is 5.13 Å². The highest BCUT2D eigenvalue weighted by molar-refractivity contribution is 7.12. The monoisotopic (exact) mass is 812 g/mol. The van der Waals surface area contributed by atoms with Crippen molar-refractivity contribution < 1.29 is 29.4 Å². The van der Waals surface area contributed by atoms with Gasteiger partial charge in [-0.05, 0) is 141 Å². The van der Waals surface area contributed by atoms with E-state index in [1.165, 1.54) is 11.3 Å². The van der Waals surface area contributed by atoms with Crippen LogP contribution in [0, 0.1) is 27.7 Å². The van der Waals surface area contributed by atoms with E-state index < -0.39 is 23.8 Å². The molecule has 0 spiro atoms. The van der Waals surface area contributed by atoms with Crippen LogP contribution >= 0.6 is 11.3 Å². The van der Waals surface area contributed by atoms with E-state index in [2.05, 4.69) is 4.98 Å². The number of hydrogen-bond acceptors (Lipinski definition) is 8. The fraction of sp³-hybridized carbons (Fsp3) is 0.182. The Labute approximate surface area is 344 Å². The minimum atomic E-state index is -0.860. The standard InChI is InChI=1S/C23H25N3O3.C21H19N5O3S/c1-13-10-16(23(25)29)4-7-19(13)26-18(6-9-21(27)28)5-8-20(26)17-11-14(2)22(24)15(3)12-17;1-13-10-14(20(22)29)2-5-17(13)26-15(4-7-19(27)28)3-6-18(26)16-11-30-21(24-16)25-9-8-23-12-25/h4-5,7-8,10-12H,6,9,24H2,1-3H3,(H2,25,29)(H,27,28);2-3,5-6,8-12H,4,7H2,1H3,(H2,22,29)(H,27,28). The molecule has 0 saturated heterocycles. The third-order valence-corrected chi connectivity index (χ3v) is 10.8. The van der Waals surface area contributed by atoms with Crippen LogP contribution in [-0.4, -0.2) is 57.6 Å². The number of nitrogen functional groups attached to an aromatic ring is 1. The molecule has 0 bridgehead atoms. The molecule has 14 nitrogen and oxygen atoms in total. The molecule has 302 valence electrons. The average molecular weight is 813 g/mol. The lowest BCUT2D eigenvalue weighted by molar-refractivity contribution is -0.138. The van der Waals surface area contributed by atoms with E-state index in [4.69, 9.17) is 32.4 Å². The number of carbonyl (C=O) groups is 4. The molecule has 0 aliphatic heterocycles. The summed E-state index contributed by atoms with van der Waals surface area (Å²) in [5.41, 5.74) is 29.2. The number of amides is 2. The van der Waals surface area contributed by atoms with Crippen LogP contribution in [0.5, 0.6) is 0 Å². The Kier molecular flexibility index (Phi) is 12.3. The highest BCUT2D eigenvalue weighted by Gasteiger charge is 2.19. The second kappa shape index (κ2) is 17.5. The number of aryl methyl sites for hydroxylation is 6. The molecule has 59 heavy (non-hydrogen) atoms. The van der Waals surface area contributed by atoms with E-state index in [1.807, 2.05) is 102 Å². The van der Waals surface area contributed by atoms with Crippen LogP contribution in [0.25, 0.3) is 39.2 Å². The third-order valence-electron chi connectivity index (χ3n) is 9.93. The van der Waals surface area contributed by atoms with Gasteiger partial charge in [-0.1, -0.05) is 0 Å². The minimum absolute atomic E-state index is 0.0131. The van der Waals surface area contributed by atoms with Gasteiger partial charge in [0.25, 0.3) is 0 Å². The first kappa shape index (κ1) is 41.4. The first-order valence-corrected chi connectivity index (χ1v) is 19.5. The number of imidazole rings is 1. The molecule has 2 amide bonds. The molecule has 15 heteroatoms. The number of carboxylic acids is 2. The Balaban J connectivity index is 0.000000199. The highest BCUT2D eigenvalue weighted by Crippen LogP contribution is 2.34. The van der Waals surface area contributed by atoms with Gasteiger partial charge in [0.1, 0.15) is 12.0 Å². The summed E-state index contributed by atoms with van der Waals surface area (Å²) in [6.07, 6.45) is 6.00. The lowest BCUT2D eigenvalue weighted by Gasteiger charge is -2.18. The van der Waals surface area contributed by atoms with Crippen molar-refractivity contribution in [3.05, 3.63) is 142 Å². The van der Waals surface area contributed by atoms with Crippen LogP contribution in [0.15, 0.2) is 96.9 Å². The van der Waals surface area contributed by atoms with E-state index in [1.54, 1.807) is 36.8 Å². The predicted octanol–water partition coefficient (Wildman–Crippen LogP) is 6.98. The van der Waals surface area contributed by atoms with Gasteiger partial charge in [-0.2, -0.15) is 0 Å². The molecule has 0 unspecified atom stereocenters. The maximum atomic E-state index is 11.5. The van der Waals surface area contributed by atoms with Crippen molar-refractivity contribution in [2.75, 3.05) is 5.73 Å². The number of rotatable bonds is 13. The van der Waals surface area contributed by atoms with Gasteiger partial charge in [-0.15, -0.1) is 11.3 Å². The van der Waals surface area contributed by atoms with Crippen molar-refractivity contribution in [3.8, 4) is 39.2 Å². The van der Waals surface area contributed by atoms with Gasteiger partial charge in [0, 0.05) is 57.4 Å². The number of thiazole rings is 1. The van der Waals surface area contributed by atoms with E-state index in [0.717, 1.165) is 78.5 Å². The normalized spacial score (nSPS) is 10.9. The number of primary amides is 2. The van der Waals surface area contributed by atoms with Crippen molar-refractivity contribution in [1.29, 1.82) is 0 Å². The molecule has 0 saturated carbocycles. The van der Waals surface area contributed by atoms with Crippen molar-refractivity contribution in [2.24, 2.45) is 11.5 Å². The number of carbonyl (C=O) groups excluding carboxylic acids is 2. The molecule has 0 radical (unpaired) electrons. The topological polar surface area (TPSA) is 227 Å². The zero-order valence-electron chi connectivity index (χ0n) is 33.0.